The summed E-state index contributed by atoms with van der Waals surface area (Å²) in [5, 5.41) is 0. The topological polar surface area (TPSA) is 3.24 Å². The smallest absolute Gasteiger partial charge is 0.0462 e. The highest BCUT2D eigenvalue weighted by Gasteiger charge is 2.17. The average molecular weight is 820 g/mol. The number of hydrogen-bond acceptors (Lipinski definition) is 1. The van der Waals surface area contributed by atoms with Gasteiger partial charge in [0.05, 0.1) is 0 Å². The molecule has 1 unspecified atom stereocenters. The van der Waals surface area contributed by atoms with Gasteiger partial charge in [-0.15, -0.1) is 0 Å². The van der Waals surface area contributed by atoms with Crippen molar-refractivity contribution in [2.75, 3.05) is 4.90 Å². The van der Waals surface area contributed by atoms with E-state index in [2.05, 4.69) is 272 Å². The molecule has 10 aromatic carbocycles. The largest absolute Gasteiger partial charge is 0.311 e. The van der Waals surface area contributed by atoms with Crippen LogP contribution in [-0.2, 0) is 12.8 Å². The molecule has 0 fully saturated rings. The third kappa shape index (κ3) is 9.26. The monoisotopic (exact) mass is 819 g/mol. The van der Waals surface area contributed by atoms with E-state index in [9.17, 15) is 0 Å². The molecule has 10 aromatic rings. The van der Waals surface area contributed by atoms with Crippen molar-refractivity contribution in [1.29, 1.82) is 0 Å². The summed E-state index contributed by atoms with van der Waals surface area (Å²) in [6.45, 7) is 0. The second-order valence-corrected chi connectivity index (χ2v) is 16.6. The van der Waals surface area contributed by atoms with Gasteiger partial charge in [-0.3, -0.25) is 0 Å². The van der Waals surface area contributed by atoms with Crippen LogP contribution in [0.4, 0.5) is 17.1 Å². The fourth-order valence-electron chi connectivity index (χ4n) is 8.87. The molecule has 306 valence electrons. The van der Waals surface area contributed by atoms with Crippen molar-refractivity contribution in [1.82, 2.24) is 0 Å². The second-order valence-electron chi connectivity index (χ2n) is 16.6. The minimum absolute atomic E-state index is 0.326. The zero-order valence-corrected chi connectivity index (χ0v) is 35.8. The fraction of sp³-hybridized carbons (Fsp3) is 0.0476. The van der Waals surface area contributed by atoms with Gasteiger partial charge in [0.2, 0.25) is 0 Å². The molecule has 0 heterocycles. The first kappa shape index (κ1) is 40.1. The van der Waals surface area contributed by atoms with E-state index >= 15 is 0 Å². The Hall–Kier alpha value is -8.00. The molecular weight excluding hydrogens is 771 g/mol. The van der Waals surface area contributed by atoms with Crippen molar-refractivity contribution >= 4 is 17.1 Å². The summed E-state index contributed by atoms with van der Waals surface area (Å²) < 4.78 is 0. The molecule has 1 nitrogen and oxygen atoms in total. The van der Waals surface area contributed by atoms with Crippen LogP contribution >= 0.6 is 0 Å². The molecule has 0 spiro atoms. The van der Waals surface area contributed by atoms with E-state index < -0.39 is 0 Å². The van der Waals surface area contributed by atoms with Crippen molar-refractivity contribution in [2.45, 2.75) is 18.8 Å². The van der Waals surface area contributed by atoms with Gasteiger partial charge in [-0.25, -0.2) is 0 Å². The third-order valence-corrected chi connectivity index (χ3v) is 12.4. The van der Waals surface area contributed by atoms with E-state index in [0.717, 1.165) is 29.9 Å². The lowest BCUT2D eigenvalue weighted by atomic mass is 9.85. The van der Waals surface area contributed by atoms with E-state index in [1.165, 1.54) is 72.3 Å². The van der Waals surface area contributed by atoms with E-state index in [1.54, 1.807) is 0 Å². The SMILES string of the molecule is c1ccc(-c2ccc(CC(Cc3ccc(-c4ccc(N(c5ccc(-c6ccccc6)cc5)c5ccc(-c6ccccc6)cc5)cc4)cc3)c3ccc(-c4ccccc4)cc3)cc2)cc1. The average Bonchev–Trinajstić information content (AvgIpc) is 3.38. The third-order valence-electron chi connectivity index (χ3n) is 12.4. The minimum atomic E-state index is 0.326. The van der Waals surface area contributed by atoms with E-state index in [-0.39, 0.29) is 0 Å². The van der Waals surface area contributed by atoms with E-state index in [0.29, 0.717) is 5.92 Å². The van der Waals surface area contributed by atoms with Gasteiger partial charge in [0.15, 0.2) is 0 Å². The first-order valence-corrected chi connectivity index (χ1v) is 22.3. The van der Waals surface area contributed by atoms with Gasteiger partial charge >= 0.3 is 0 Å². The van der Waals surface area contributed by atoms with Crippen LogP contribution < -0.4 is 4.90 Å². The molecule has 64 heavy (non-hydrogen) atoms. The first-order valence-electron chi connectivity index (χ1n) is 22.3. The van der Waals surface area contributed by atoms with Crippen LogP contribution in [-0.4, -0.2) is 0 Å². The lowest BCUT2D eigenvalue weighted by molar-refractivity contribution is 0.680. The standard InChI is InChI=1S/C63H49N/c1-5-13-49(14-6-1)53-25-21-47(22-26-53)45-60(59-31-29-55(30-32-59)50-15-7-2-8-16-50)46-48-23-27-54(28-24-48)58-37-43-63(44-38-58)64(61-39-33-56(34-40-61)51-17-9-3-10-18-51)62-41-35-57(36-42-62)52-19-11-4-12-20-52/h1-44,60H,45-46H2. The minimum Gasteiger partial charge on any atom is -0.311 e. The van der Waals surface area contributed by atoms with Crippen LogP contribution in [0.2, 0.25) is 0 Å². The van der Waals surface area contributed by atoms with Gasteiger partial charge in [-0.1, -0.05) is 231 Å². The molecule has 1 heteroatoms. The van der Waals surface area contributed by atoms with Crippen LogP contribution in [0.15, 0.2) is 267 Å². The zero-order valence-electron chi connectivity index (χ0n) is 35.8. The highest BCUT2D eigenvalue weighted by molar-refractivity contribution is 5.81. The number of hydrogen-bond donors (Lipinski definition) is 0. The lowest BCUT2D eigenvalue weighted by Crippen LogP contribution is -2.09. The Morgan fingerprint density at radius 3 is 0.703 bits per heavy atom. The lowest BCUT2D eigenvalue weighted by Gasteiger charge is -2.26. The van der Waals surface area contributed by atoms with E-state index in [1.807, 2.05) is 0 Å². The van der Waals surface area contributed by atoms with Crippen LogP contribution in [0.1, 0.15) is 22.6 Å². The highest BCUT2D eigenvalue weighted by atomic mass is 15.1. The summed E-state index contributed by atoms with van der Waals surface area (Å²) in [6.07, 6.45) is 1.91. The number of nitrogens with zero attached hydrogens (tertiary/aromatic N) is 1. The zero-order chi connectivity index (χ0) is 42.9. The molecule has 0 amide bonds. The molecular formula is C63H49N. The van der Waals surface area contributed by atoms with Crippen LogP contribution in [0, 0.1) is 0 Å². The predicted molar refractivity (Wildman–Crippen MR) is 271 cm³/mol. The van der Waals surface area contributed by atoms with Gasteiger partial charge in [0, 0.05) is 17.1 Å². The first-order chi connectivity index (χ1) is 31.7. The second kappa shape index (κ2) is 18.9. The Kier molecular flexibility index (Phi) is 11.9. The van der Waals surface area contributed by atoms with Gasteiger partial charge in [-0.2, -0.15) is 0 Å². The maximum atomic E-state index is 2.35. The van der Waals surface area contributed by atoms with Crippen molar-refractivity contribution in [2.24, 2.45) is 0 Å². The summed E-state index contributed by atoms with van der Waals surface area (Å²) in [7, 11) is 0. The van der Waals surface area contributed by atoms with Crippen molar-refractivity contribution in [3.63, 3.8) is 0 Å². The van der Waals surface area contributed by atoms with Gasteiger partial charge in [0.1, 0.15) is 0 Å². The predicted octanol–water partition coefficient (Wildman–Crippen LogP) is 17.1. The Morgan fingerprint density at radius 2 is 0.438 bits per heavy atom. The number of anilines is 3. The molecule has 0 aliphatic rings. The molecule has 0 aliphatic carbocycles. The Labute approximate surface area is 378 Å². The van der Waals surface area contributed by atoms with Crippen molar-refractivity contribution in [3.05, 3.63) is 284 Å². The molecule has 0 aliphatic heterocycles. The Balaban J connectivity index is 0.904. The van der Waals surface area contributed by atoms with Gasteiger partial charge < -0.3 is 4.90 Å². The summed E-state index contributed by atoms with van der Waals surface area (Å²) in [5.74, 6) is 0.326. The summed E-state index contributed by atoms with van der Waals surface area (Å²) in [4.78, 5) is 2.35. The van der Waals surface area contributed by atoms with Crippen LogP contribution in [0.5, 0.6) is 0 Å². The Bertz CT molecular complexity index is 2910. The molecule has 0 saturated heterocycles. The summed E-state index contributed by atoms with van der Waals surface area (Å²) >= 11 is 0. The normalized spacial score (nSPS) is 11.5. The van der Waals surface area contributed by atoms with Crippen LogP contribution in [0.3, 0.4) is 0 Å². The van der Waals surface area contributed by atoms with E-state index in [4.69, 9.17) is 0 Å². The molecule has 0 radical (unpaired) electrons. The summed E-state index contributed by atoms with van der Waals surface area (Å²) in [6, 6.07) is 96.8. The van der Waals surface area contributed by atoms with Crippen LogP contribution in [0.25, 0.3) is 55.6 Å². The highest BCUT2D eigenvalue weighted by Crippen LogP contribution is 2.38. The maximum absolute atomic E-state index is 2.35. The molecule has 0 N–H and O–H groups in total. The molecule has 0 aromatic heterocycles. The Morgan fingerprint density at radius 1 is 0.219 bits per heavy atom. The van der Waals surface area contributed by atoms with Gasteiger partial charge in [-0.05, 0) is 127 Å². The van der Waals surface area contributed by atoms with Gasteiger partial charge in [0.25, 0.3) is 0 Å². The summed E-state index contributed by atoms with van der Waals surface area (Å²) in [5.41, 5.74) is 19.6. The molecule has 0 bridgehead atoms. The van der Waals surface area contributed by atoms with Crippen molar-refractivity contribution in [3.8, 4) is 55.6 Å². The number of benzene rings is 10. The molecule has 0 saturated carbocycles. The quantitative estimate of drug-likeness (QED) is 0.112. The molecule has 10 rings (SSSR count). The molecule has 1 atom stereocenters. The van der Waals surface area contributed by atoms with Crippen molar-refractivity contribution < 1.29 is 0 Å². The number of rotatable bonds is 13. The fourth-order valence-corrected chi connectivity index (χ4v) is 8.87. The maximum Gasteiger partial charge on any atom is 0.0462 e.